The zero-order valence-electron chi connectivity index (χ0n) is 20.1. The Kier molecular flexibility index (Phi) is 6.90. The van der Waals surface area contributed by atoms with Crippen LogP contribution in [0.1, 0.15) is 47.2 Å². The zero-order chi connectivity index (χ0) is 25.2. The number of carbonyl (C=O) groups excluding carboxylic acids is 3. The Morgan fingerprint density at radius 1 is 1.11 bits per heavy atom. The third-order valence-corrected chi connectivity index (χ3v) is 5.84. The first-order chi connectivity index (χ1) is 16.7. The smallest absolute Gasteiger partial charge is 0.325 e. The van der Waals surface area contributed by atoms with Crippen molar-refractivity contribution in [2.24, 2.45) is 0 Å². The number of esters is 1. The van der Waals surface area contributed by atoms with E-state index in [1.165, 1.54) is 0 Å². The molecule has 1 saturated heterocycles. The van der Waals surface area contributed by atoms with Gasteiger partial charge in [-0.3, -0.25) is 19.6 Å². The van der Waals surface area contributed by atoms with Gasteiger partial charge >= 0.3 is 5.97 Å². The van der Waals surface area contributed by atoms with Crippen molar-refractivity contribution < 1.29 is 24.3 Å². The van der Waals surface area contributed by atoms with E-state index in [4.69, 9.17) is 9.94 Å². The van der Waals surface area contributed by atoms with E-state index in [0.717, 1.165) is 16.5 Å². The van der Waals surface area contributed by atoms with Crippen LogP contribution in [0, 0.1) is 0 Å². The third kappa shape index (κ3) is 5.52. The fourth-order valence-corrected chi connectivity index (χ4v) is 4.19. The van der Waals surface area contributed by atoms with E-state index in [1.807, 2.05) is 55.7 Å². The van der Waals surface area contributed by atoms with Crippen LogP contribution in [0.3, 0.4) is 0 Å². The fourth-order valence-electron chi connectivity index (χ4n) is 4.19. The van der Waals surface area contributed by atoms with Gasteiger partial charge in [-0.25, -0.2) is 5.48 Å². The predicted octanol–water partition coefficient (Wildman–Crippen LogP) is 2.56. The number of hydrogen-bond acceptors (Lipinski definition) is 6. The summed E-state index contributed by atoms with van der Waals surface area (Å²) in [5, 5.41) is 12.9. The molecule has 1 aliphatic heterocycles. The Morgan fingerprint density at radius 2 is 1.83 bits per heavy atom. The topological polar surface area (TPSA) is 113 Å². The molecular weight excluding hydrogens is 448 g/mol. The normalized spacial score (nSPS) is 16.2. The second-order valence-corrected chi connectivity index (χ2v) is 9.60. The van der Waals surface area contributed by atoms with E-state index < -0.39 is 17.6 Å². The van der Waals surface area contributed by atoms with Gasteiger partial charge in [0.05, 0.1) is 0 Å². The number of benzene rings is 2. The molecule has 1 aliphatic rings. The van der Waals surface area contributed by atoms with Crippen molar-refractivity contribution >= 4 is 28.7 Å². The number of rotatable bonds is 5. The molecule has 3 aromatic rings. The van der Waals surface area contributed by atoms with Gasteiger partial charge in [-0.2, -0.15) is 0 Å². The van der Waals surface area contributed by atoms with Crippen LogP contribution in [-0.4, -0.2) is 63.7 Å². The highest BCUT2D eigenvalue weighted by atomic mass is 16.6. The molecule has 0 radical (unpaired) electrons. The van der Waals surface area contributed by atoms with Crippen LogP contribution in [0.5, 0.6) is 0 Å². The second-order valence-electron chi connectivity index (χ2n) is 9.60. The molecule has 9 heteroatoms. The molecule has 2 heterocycles. The molecule has 184 valence electrons. The number of amides is 2. The van der Waals surface area contributed by atoms with Crippen molar-refractivity contribution in [2.75, 3.05) is 19.6 Å². The molecule has 1 atom stereocenters. The average molecular weight is 479 g/mol. The number of carbonyl (C=O) groups is 3. The highest BCUT2D eigenvalue weighted by Crippen LogP contribution is 2.23. The molecule has 0 saturated carbocycles. The Labute approximate surface area is 203 Å². The van der Waals surface area contributed by atoms with Gasteiger partial charge in [0.2, 0.25) is 0 Å². The van der Waals surface area contributed by atoms with Crippen molar-refractivity contribution in [1.82, 2.24) is 20.3 Å². The molecule has 0 bridgehead atoms. The van der Waals surface area contributed by atoms with Gasteiger partial charge in [-0.15, -0.1) is 0 Å². The van der Waals surface area contributed by atoms with Crippen LogP contribution in [-0.2, 0) is 16.1 Å². The highest BCUT2D eigenvalue weighted by molar-refractivity contribution is 5.99. The SMILES string of the molecule is CC(C)(C)OC(=O)C1CN(C(=O)c2cc3ccccc3n2Cc2ccc(C(=O)NO)cc2)CCN1. The van der Waals surface area contributed by atoms with Gasteiger partial charge in [0, 0.05) is 42.6 Å². The molecule has 1 aromatic heterocycles. The van der Waals surface area contributed by atoms with E-state index in [-0.39, 0.29) is 18.4 Å². The minimum Gasteiger partial charge on any atom is -0.459 e. The lowest BCUT2D eigenvalue weighted by atomic mass is 10.1. The molecule has 35 heavy (non-hydrogen) atoms. The lowest BCUT2D eigenvalue weighted by Gasteiger charge is -2.34. The van der Waals surface area contributed by atoms with Gasteiger partial charge in [0.25, 0.3) is 11.8 Å². The molecule has 3 N–H and O–H groups in total. The first-order valence-electron chi connectivity index (χ1n) is 11.5. The van der Waals surface area contributed by atoms with E-state index in [1.54, 1.807) is 34.6 Å². The quantitative estimate of drug-likeness (QED) is 0.295. The van der Waals surface area contributed by atoms with Gasteiger partial charge in [-0.05, 0) is 50.6 Å². The first kappa shape index (κ1) is 24.4. The molecule has 4 rings (SSSR count). The molecule has 0 aliphatic carbocycles. The number of nitrogens with zero attached hydrogens (tertiary/aromatic N) is 2. The molecule has 2 amide bonds. The van der Waals surface area contributed by atoms with Crippen LogP contribution >= 0.6 is 0 Å². The number of para-hydroxylation sites is 1. The van der Waals surface area contributed by atoms with Gasteiger partial charge in [0.1, 0.15) is 17.3 Å². The summed E-state index contributed by atoms with van der Waals surface area (Å²) in [6.07, 6.45) is 0. The van der Waals surface area contributed by atoms with Gasteiger partial charge in [-0.1, -0.05) is 30.3 Å². The van der Waals surface area contributed by atoms with E-state index >= 15 is 0 Å². The Balaban J connectivity index is 1.60. The molecular formula is C26H30N4O5. The van der Waals surface area contributed by atoms with E-state index in [0.29, 0.717) is 30.9 Å². The van der Waals surface area contributed by atoms with Crippen LogP contribution < -0.4 is 10.8 Å². The van der Waals surface area contributed by atoms with Gasteiger partial charge in [0.15, 0.2) is 0 Å². The number of hydroxylamine groups is 1. The van der Waals surface area contributed by atoms with Crippen molar-refractivity contribution in [1.29, 1.82) is 0 Å². The summed E-state index contributed by atoms with van der Waals surface area (Å²) in [6.45, 7) is 7.06. The summed E-state index contributed by atoms with van der Waals surface area (Å²) >= 11 is 0. The van der Waals surface area contributed by atoms with Crippen molar-refractivity contribution in [2.45, 2.75) is 39.0 Å². The van der Waals surface area contributed by atoms with Gasteiger partial charge < -0.3 is 19.5 Å². The number of aromatic nitrogens is 1. The Morgan fingerprint density at radius 3 is 2.51 bits per heavy atom. The fraction of sp³-hybridized carbons (Fsp3) is 0.346. The average Bonchev–Trinajstić information content (AvgIpc) is 3.21. The summed E-state index contributed by atoms with van der Waals surface area (Å²) in [6, 6.07) is 15.9. The first-order valence-corrected chi connectivity index (χ1v) is 11.5. The third-order valence-electron chi connectivity index (χ3n) is 5.84. The monoisotopic (exact) mass is 478 g/mol. The maximum Gasteiger partial charge on any atom is 0.325 e. The standard InChI is InChI=1S/C26H30N4O5/c1-26(2,3)35-25(33)20-16-29(13-12-27-20)24(32)22-14-19-6-4-5-7-21(19)30(22)15-17-8-10-18(11-9-17)23(31)28-34/h4-11,14,20,27,34H,12-13,15-16H2,1-3H3,(H,28,31). The van der Waals surface area contributed by atoms with Crippen LogP contribution in [0.4, 0.5) is 0 Å². The molecule has 2 aromatic carbocycles. The van der Waals surface area contributed by atoms with Crippen LogP contribution in [0.2, 0.25) is 0 Å². The lowest BCUT2D eigenvalue weighted by molar-refractivity contribution is -0.158. The van der Waals surface area contributed by atoms with E-state index in [2.05, 4.69) is 5.32 Å². The van der Waals surface area contributed by atoms with Crippen molar-refractivity contribution in [3.05, 3.63) is 71.4 Å². The maximum absolute atomic E-state index is 13.7. The molecule has 1 unspecified atom stereocenters. The minimum atomic E-state index is -0.606. The maximum atomic E-state index is 13.7. The number of hydrogen-bond donors (Lipinski definition) is 3. The Hall–Kier alpha value is -3.69. The highest BCUT2D eigenvalue weighted by Gasteiger charge is 2.32. The molecule has 9 nitrogen and oxygen atoms in total. The largest absolute Gasteiger partial charge is 0.459 e. The summed E-state index contributed by atoms with van der Waals surface area (Å²) < 4.78 is 7.46. The van der Waals surface area contributed by atoms with E-state index in [9.17, 15) is 14.4 Å². The number of piperazine rings is 1. The number of nitrogens with one attached hydrogen (secondary N) is 2. The zero-order valence-corrected chi connectivity index (χ0v) is 20.1. The van der Waals surface area contributed by atoms with Crippen LogP contribution in [0.25, 0.3) is 10.9 Å². The number of fused-ring (bicyclic) bond motifs is 1. The summed E-state index contributed by atoms with van der Waals surface area (Å²) in [4.78, 5) is 39.6. The predicted molar refractivity (Wildman–Crippen MR) is 130 cm³/mol. The summed E-state index contributed by atoms with van der Waals surface area (Å²) in [7, 11) is 0. The van der Waals surface area contributed by atoms with Crippen molar-refractivity contribution in [3.63, 3.8) is 0 Å². The minimum absolute atomic E-state index is 0.160. The summed E-state index contributed by atoms with van der Waals surface area (Å²) in [5.41, 5.74) is 3.67. The molecule has 1 fully saturated rings. The second kappa shape index (κ2) is 9.89. The number of ether oxygens (including phenoxy) is 1. The molecule has 0 spiro atoms. The van der Waals surface area contributed by atoms with Crippen molar-refractivity contribution in [3.8, 4) is 0 Å². The Bertz CT molecular complexity index is 1240. The lowest BCUT2D eigenvalue weighted by Crippen LogP contribution is -2.57. The summed E-state index contributed by atoms with van der Waals surface area (Å²) in [5.74, 6) is -1.12. The van der Waals surface area contributed by atoms with Crippen LogP contribution in [0.15, 0.2) is 54.6 Å².